The van der Waals surface area contributed by atoms with Crippen molar-refractivity contribution in [2.45, 2.75) is 12.8 Å². The molecular formula is C22H27N5OS. The van der Waals surface area contributed by atoms with Crippen molar-refractivity contribution < 1.29 is 4.79 Å². The van der Waals surface area contributed by atoms with Gasteiger partial charge in [-0.1, -0.05) is 19.1 Å². The number of amides is 1. The predicted molar refractivity (Wildman–Crippen MR) is 118 cm³/mol. The number of fused-ring (bicyclic) bond motifs is 2. The molecule has 2 aliphatic heterocycles. The van der Waals surface area contributed by atoms with E-state index in [1.54, 1.807) is 11.5 Å². The third-order valence-corrected chi connectivity index (χ3v) is 7.13. The molecule has 5 rings (SSSR count). The molecule has 1 amide bonds. The van der Waals surface area contributed by atoms with Gasteiger partial charge in [0.25, 0.3) is 5.91 Å². The molecule has 1 atom stereocenters. The van der Waals surface area contributed by atoms with Crippen molar-refractivity contribution in [1.82, 2.24) is 18.7 Å². The number of carbonyl (C=O) groups excluding carboxylic acids is 1. The second kappa shape index (κ2) is 7.46. The first kappa shape index (κ1) is 18.6. The van der Waals surface area contributed by atoms with Crippen molar-refractivity contribution in [3.8, 4) is 0 Å². The molecular weight excluding hydrogens is 382 g/mol. The summed E-state index contributed by atoms with van der Waals surface area (Å²) < 4.78 is 8.05. The van der Waals surface area contributed by atoms with E-state index in [2.05, 4.69) is 45.6 Å². The quantitative estimate of drug-likeness (QED) is 0.665. The Labute approximate surface area is 175 Å². The van der Waals surface area contributed by atoms with Crippen LogP contribution < -0.4 is 4.90 Å². The molecule has 7 heteroatoms. The van der Waals surface area contributed by atoms with Gasteiger partial charge in [-0.05, 0) is 29.7 Å². The van der Waals surface area contributed by atoms with Crippen LogP contribution in [-0.4, -0.2) is 70.5 Å². The lowest BCUT2D eigenvalue weighted by molar-refractivity contribution is 0.0699. The Balaban J connectivity index is 1.18. The van der Waals surface area contributed by atoms with E-state index in [1.807, 2.05) is 24.2 Å². The van der Waals surface area contributed by atoms with Crippen molar-refractivity contribution >= 4 is 33.3 Å². The maximum absolute atomic E-state index is 12.9. The summed E-state index contributed by atoms with van der Waals surface area (Å²) in [6.07, 6.45) is 2.00. The lowest BCUT2D eigenvalue weighted by atomic mass is 9.97. The van der Waals surface area contributed by atoms with Crippen molar-refractivity contribution in [3.63, 3.8) is 0 Å². The Morgan fingerprint density at radius 2 is 1.90 bits per heavy atom. The van der Waals surface area contributed by atoms with Crippen LogP contribution >= 0.6 is 11.5 Å². The number of aryl methyl sites for hydroxylation is 1. The molecule has 0 saturated carbocycles. The molecule has 1 saturated heterocycles. The number of hydrogen-bond acceptors (Lipinski definition) is 5. The summed E-state index contributed by atoms with van der Waals surface area (Å²) in [6.45, 7) is 8.77. The number of rotatable bonds is 4. The minimum Gasteiger partial charge on any atom is -0.353 e. The number of aromatic nitrogens is 2. The third-order valence-electron chi connectivity index (χ3n) is 6.32. The van der Waals surface area contributed by atoms with Gasteiger partial charge in [0.2, 0.25) is 0 Å². The molecule has 2 aromatic heterocycles. The average Bonchev–Trinajstić information content (AvgIpc) is 3.34. The Bertz CT molecular complexity index is 1030. The second-order valence-corrected chi connectivity index (χ2v) is 9.01. The molecule has 29 heavy (non-hydrogen) atoms. The molecule has 1 aromatic carbocycles. The lowest BCUT2D eigenvalue weighted by Crippen LogP contribution is -2.50. The summed E-state index contributed by atoms with van der Waals surface area (Å²) in [5.74, 6) is 1.70. The van der Waals surface area contributed by atoms with E-state index in [0.29, 0.717) is 5.92 Å². The number of piperazine rings is 1. The van der Waals surface area contributed by atoms with Gasteiger partial charge in [-0.25, -0.2) is 0 Å². The van der Waals surface area contributed by atoms with Gasteiger partial charge < -0.3 is 14.4 Å². The minimum atomic E-state index is 0.186. The van der Waals surface area contributed by atoms with Crippen LogP contribution in [0.2, 0.25) is 0 Å². The Morgan fingerprint density at radius 1 is 1.10 bits per heavy atom. The molecule has 1 unspecified atom stereocenters. The van der Waals surface area contributed by atoms with Crippen LogP contribution in [0.4, 0.5) is 5.82 Å². The third kappa shape index (κ3) is 3.32. The van der Waals surface area contributed by atoms with Crippen molar-refractivity contribution in [3.05, 3.63) is 47.8 Å². The maximum atomic E-state index is 12.9. The van der Waals surface area contributed by atoms with Gasteiger partial charge in [-0.15, -0.1) is 0 Å². The van der Waals surface area contributed by atoms with Crippen molar-refractivity contribution in [2.24, 2.45) is 7.05 Å². The number of hydrogen-bond donors (Lipinski definition) is 0. The first-order valence-corrected chi connectivity index (χ1v) is 11.2. The molecule has 0 bridgehead atoms. The fraction of sp³-hybridized carbons (Fsp3) is 0.455. The van der Waals surface area contributed by atoms with E-state index in [9.17, 15) is 4.79 Å². The van der Waals surface area contributed by atoms with Crippen LogP contribution in [-0.2, 0) is 7.05 Å². The standard InChI is InChI=1S/C22H27N5OS/c1-16-15-27(22(28)18-7-8-24(2)20(16)18)14-11-25-9-12-26(13-10-25)21-17-5-3-4-6-19(17)29-23-21/h3-8,16H,9-15H2,1-2H3. The second-order valence-electron chi connectivity index (χ2n) is 8.21. The molecule has 0 radical (unpaired) electrons. The number of carbonyl (C=O) groups is 1. The molecule has 0 spiro atoms. The van der Waals surface area contributed by atoms with E-state index < -0.39 is 0 Å². The topological polar surface area (TPSA) is 44.6 Å². The Hall–Kier alpha value is -2.38. The van der Waals surface area contributed by atoms with E-state index >= 15 is 0 Å². The molecule has 2 aliphatic rings. The van der Waals surface area contributed by atoms with Gasteiger partial charge in [0.05, 0.1) is 10.3 Å². The average molecular weight is 410 g/mol. The zero-order valence-corrected chi connectivity index (χ0v) is 17.9. The summed E-state index contributed by atoms with van der Waals surface area (Å²) in [6, 6.07) is 10.4. The maximum Gasteiger partial charge on any atom is 0.255 e. The summed E-state index contributed by atoms with van der Waals surface area (Å²) in [4.78, 5) is 19.8. The number of anilines is 1. The highest BCUT2D eigenvalue weighted by Gasteiger charge is 2.31. The van der Waals surface area contributed by atoms with Crippen LogP contribution in [0.5, 0.6) is 0 Å². The first-order chi connectivity index (χ1) is 14.1. The molecule has 4 heterocycles. The molecule has 3 aromatic rings. The van der Waals surface area contributed by atoms with Gasteiger partial charge in [0.1, 0.15) is 5.82 Å². The Morgan fingerprint density at radius 3 is 2.72 bits per heavy atom. The predicted octanol–water partition coefficient (Wildman–Crippen LogP) is 3.02. The highest BCUT2D eigenvalue weighted by Crippen LogP contribution is 2.30. The van der Waals surface area contributed by atoms with Crippen molar-refractivity contribution in [2.75, 3.05) is 50.7 Å². The highest BCUT2D eigenvalue weighted by atomic mass is 32.1. The lowest BCUT2D eigenvalue weighted by Gasteiger charge is -2.37. The van der Waals surface area contributed by atoms with Gasteiger partial charge in [-0.3, -0.25) is 9.69 Å². The summed E-state index contributed by atoms with van der Waals surface area (Å²) in [5.41, 5.74) is 2.06. The van der Waals surface area contributed by atoms with E-state index in [-0.39, 0.29) is 5.91 Å². The molecule has 152 valence electrons. The molecule has 1 fully saturated rings. The van der Waals surface area contributed by atoms with Gasteiger partial charge in [0, 0.05) is 76.1 Å². The highest BCUT2D eigenvalue weighted by molar-refractivity contribution is 7.13. The zero-order chi connectivity index (χ0) is 20.0. The largest absolute Gasteiger partial charge is 0.353 e. The minimum absolute atomic E-state index is 0.186. The van der Waals surface area contributed by atoms with Gasteiger partial charge in [0.15, 0.2) is 0 Å². The molecule has 0 N–H and O–H groups in total. The molecule has 0 aliphatic carbocycles. The fourth-order valence-electron chi connectivity index (χ4n) is 4.75. The van der Waals surface area contributed by atoms with Crippen LogP contribution in [0.3, 0.4) is 0 Å². The van der Waals surface area contributed by atoms with Crippen molar-refractivity contribution in [1.29, 1.82) is 0 Å². The Kier molecular flexibility index (Phi) is 4.80. The summed E-state index contributed by atoms with van der Waals surface area (Å²) >= 11 is 1.58. The summed E-state index contributed by atoms with van der Waals surface area (Å²) in [5, 5.41) is 1.26. The van der Waals surface area contributed by atoms with Crippen LogP contribution in [0.25, 0.3) is 10.1 Å². The first-order valence-electron chi connectivity index (χ1n) is 10.4. The monoisotopic (exact) mass is 409 g/mol. The molecule has 6 nitrogen and oxygen atoms in total. The summed E-state index contributed by atoms with van der Waals surface area (Å²) in [7, 11) is 2.03. The number of benzene rings is 1. The van der Waals surface area contributed by atoms with E-state index in [0.717, 1.165) is 57.2 Å². The van der Waals surface area contributed by atoms with Gasteiger partial charge >= 0.3 is 0 Å². The zero-order valence-electron chi connectivity index (χ0n) is 17.0. The van der Waals surface area contributed by atoms with E-state index in [1.165, 1.54) is 15.8 Å². The SMILES string of the molecule is CC1CN(CCN2CCN(c3nsc4ccccc34)CC2)C(=O)c2ccn(C)c21. The fourth-order valence-corrected chi connectivity index (χ4v) is 5.54. The van der Waals surface area contributed by atoms with Crippen LogP contribution in [0, 0.1) is 0 Å². The van der Waals surface area contributed by atoms with Crippen LogP contribution in [0.1, 0.15) is 28.9 Å². The smallest absolute Gasteiger partial charge is 0.255 e. The number of nitrogens with zero attached hydrogens (tertiary/aromatic N) is 5. The normalized spacial score (nSPS) is 20.5. The van der Waals surface area contributed by atoms with E-state index in [4.69, 9.17) is 4.37 Å². The van der Waals surface area contributed by atoms with Crippen LogP contribution in [0.15, 0.2) is 36.5 Å². The van der Waals surface area contributed by atoms with Gasteiger partial charge in [-0.2, -0.15) is 4.37 Å².